The van der Waals surface area contributed by atoms with Gasteiger partial charge in [-0.05, 0) is 56.2 Å². The molecule has 0 aliphatic rings. The molecule has 2 aromatic carbocycles. The van der Waals surface area contributed by atoms with E-state index in [2.05, 4.69) is 15.8 Å². The predicted octanol–water partition coefficient (Wildman–Crippen LogP) is 3.28. The lowest BCUT2D eigenvalue weighted by Crippen LogP contribution is -2.47. The highest BCUT2D eigenvalue weighted by atomic mass is 16.5. The third-order valence-electron chi connectivity index (χ3n) is 3.81. The summed E-state index contributed by atoms with van der Waals surface area (Å²) in [6.45, 7) is 5.84. The van der Waals surface area contributed by atoms with Gasteiger partial charge < -0.3 is 14.8 Å². The average Bonchev–Trinajstić information content (AvgIpc) is 2.69. The predicted molar refractivity (Wildman–Crippen MR) is 112 cm³/mol. The Kier molecular flexibility index (Phi) is 8.69. The molecule has 0 unspecified atom stereocenters. The van der Waals surface area contributed by atoms with E-state index >= 15 is 0 Å². The summed E-state index contributed by atoms with van der Waals surface area (Å²) < 4.78 is 10.5. The van der Waals surface area contributed by atoms with E-state index in [1.165, 1.54) is 6.21 Å². The zero-order chi connectivity index (χ0) is 21.1. The molecular weight excluding hydrogens is 370 g/mol. The number of hydrogen-bond donors (Lipinski definition) is 2. The second-order valence-corrected chi connectivity index (χ2v) is 6.58. The monoisotopic (exact) mass is 397 g/mol. The van der Waals surface area contributed by atoms with Crippen LogP contribution < -0.4 is 15.5 Å². The lowest BCUT2D eigenvalue weighted by Gasteiger charge is -2.16. The SMILES string of the molecule is CCOC(=O)N[C@H](Cc1ccccc1)C(=O)N/N=C\c1ccc(OC(C)C)cc1. The van der Waals surface area contributed by atoms with Gasteiger partial charge in [0.2, 0.25) is 0 Å². The van der Waals surface area contributed by atoms with E-state index in [9.17, 15) is 9.59 Å². The first-order valence-electron chi connectivity index (χ1n) is 9.54. The zero-order valence-electron chi connectivity index (χ0n) is 16.9. The Balaban J connectivity index is 1.98. The summed E-state index contributed by atoms with van der Waals surface area (Å²) in [6.07, 6.45) is 1.30. The summed E-state index contributed by atoms with van der Waals surface area (Å²) in [5.41, 5.74) is 4.19. The highest BCUT2D eigenvalue weighted by Crippen LogP contribution is 2.12. The molecule has 0 heterocycles. The molecule has 1 atom stereocenters. The van der Waals surface area contributed by atoms with Crippen LogP contribution in [-0.2, 0) is 16.0 Å². The summed E-state index contributed by atoms with van der Waals surface area (Å²) in [6, 6.07) is 16.0. The molecule has 0 fully saturated rings. The number of carbonyl (C=O) groups is 2. The van der Waals surface area contributed by atoms with E-state index in [0.29, 0.717) is 6.42 Å². The summed E-state index contributed by atoms with van der Waals surface area (Å²) in [7, 11) is 0. The maximum Gasteiger partial charge on any atom is 0.407 e. The number of nitrogens with zero attached hydrogens (tertiary/aromatic N) is 1. The molecule has 0 saturated heterocycles. The molecule has 2 N–H and O–H groups in total. The molecule has 2 amide bonds. The van der Waals surface area contributed by atoms with Crippen LogP contribution in [0, 0.1) is 0 Å². The minimum absolute atomic E-state index is 0.0993. The van der Waals surface area contributed by atoms with Gasteiger partial charge in [-0.25, -0.2) is 10.2 Å². The summed E-state index contributed by atoms with van der Waals surface area (Å²) in [4.78, 5) is 24.3. The molecule has 7 nitrogen and oxygen atoms in total. The maximum absolute atomic E-state index is 12.5. The van der Waals surface area contributed by atoms with E-state index in [4.69, 9.17) is 9.47 Å². The van der Waals surface area contributed by atoms with Gasteiger partial charge in [-0.1, -0.05) is 30.3 Å². The Labute approximate surface area is 171 Å². The van der Waals surface area contributed by atoms with Crippen LogP contribution >= 0.6 is 0 Å². The quantitative estimate of drug-likeness (QED) is 0.502. The Bertz CT molecular complexity index is 805. The number of rotatable bonds is 9. The van der Waals surface area contributed by atoms with Crippen LogP contribution in [0.4, 0.5) is 4.79 Å². The number of amides is 2. The van der Waals surface area contributed by atoms with Crippen molar-refractivity contribution in [2.24, 2.45) is 5.10 Å². The van der Waals surface area contributed by atoms with Crippen molar-refractivity contribution < 1.29 is 19.1 Å². The molecule has 0 aliphatic heterocycles. The summed E-state index contributed by atoms with van der Waals surface area (Å²) >= 11 is 0. The maximum atomic E-state index is 12.5. The first kappa shape index (κ1) is 21.9. The molecule has 2 aromatic rings. The standard InChI is InChI=1S/C22H27N3O4/c1-4-28-22(27)24-20(14-17-8-6-5-7-9-17)21(26)25-23-15-18-10-12-19(13-11-18)29-16(2)3/h5-13,15-16,20H,4,14H2,1-3H3,(H,24,27)(H,25,26)/b23-15-/t20-/m1/s1. The lowest BCUT2D eigenvalue weighted by atomic mass is 10.1. The minimum atomic E-state index is -0.810. The van der Waals surface area contributed by atoms with Crippen LogP contribution in [0.1, 0.15) is 31.9 Å². The van der Waals surface area contributed by atoms with Gasteiger partial charge in [0.05, 0.1) is 18.9 Å². The second-order valence-electron chi connectivity index (χ2n) is 6.58. The van der Waals surface area contributed by atoms with Crippen molar-refractivity contribution in [3.8, 4) is 5.75 Å². The van der Waals surface area contributed by atoms with Gasteiger partial charge >= 0.3 is 6.09 Å². The fourth-order valence-electron chi connectivity index (χ4n) is 2.53. The smallest absolute Gasteiger partial charge is 0.407 e. The van der Waals surface area contributed by atoms with Gasteiger partial charge in [-0.3, -0.25) is 4.79 Å². The Morgan fingerprint density at radius 1 is 1.07 bits per heavy atom. The molecular formula is C22H27N3O4. The van der Waals surface area contributed by atoms with Gasteiger partial charge in [-0.15, -0.1) is 0 Å². The van der Waals surface area contributed by atoms with Crippen LogP contribution in [0.5, 0.6) is 5.75 Å². The van der Waals surface area contributed by atoms with Crippen LogP contribution in [0.15, 0.2) is 59.7 Å². The highest BCUT2D eigenvalue weighted by Gasteiger charge is 2.21. The molecule has 7 heteroatoms. The number of carbonyl (C=O) groups excluding carboxylic acids is 2. The van der Waals surface area contributed by atoms with Crippen LogP contribution in [0.2, 0.25) is 0 Å². The lowest BCUT2D eigenvalue weighted by molar-refractivity contribution is -0.123. The largest absolute Gasteiger partial charge is 0.491 e. The van der Waals surface area contributed by atoms with Crippen LogP contribution in [0.25, 0.3) is 0 Å². The zero-order valence-corrected chi connectivity index (χ0v) is 16.9. The molecule has 0 spiro atoms. The molecule has 0 aliphatic carbocycles. The minimum Gasteiger partial charge on any atom is -0.491 e. The highest BCUT2D eigenvalue weighted by molar-refractivity contribution is 5.87. The Morgan fingerprint density at radius 3 is 2.38 bits per heavy atom. The van der Waals surface area contributed by atoms with E-state index in [-0.39, 0.29) is 12.7 Å². The molecule has 0 aromatic heterocycles. The number of hydrazone groups is 1. The summed E-state index contributed by atoms with van der Waals surface area (Å²) in [5, 5.41) is 6.57. The Morgan fingerprint density at radius 2 is 1.76 bits per heavy atom. The fraction of sp³-hybridized carbons (Fsp3) is 0.318. The Hall–Kier alpha value is -3.35. The van der Waals surface area contributed by atoms with Crippen molar-refractivity contribution in [2.75, 3.05) is 6.61 Å². The third kappa shape index (κ3) is 8.04. The number of nitrogens with one attached hydrogen (secondary N) is 2. The van der Waals surface area contributed by atoms with Crippen molar-refractivity contribution in [3.05, 3.63) is 65.7 Å². The molecule has 29 heavy (non-hydrogen) atoms. The number of benzene rings is 2. The summed E-state index contributed by atoms with van der Waals surface area (Å²) in [5.74, 6) is 0.334. The number of ether oxygens (including phenoxy) is 2. The van der Waals surface area contributed by atoms with Crippen LogP contribution in [0.3, 0.4) is 0 Å². The van der Waals surface area contributed by atoms with Gasteiger partial charge in [0, 0.05) is 6.42 Å². The van der Waals surface area contributed by atoms with Gasteiger partial charge in [0.15, 0.2) is 0 Å². The van der Waals surface area contributed by atoms with Gasteiger partial charge in [0.1, 0.15) is 11.8 Å². The van der Waals surface area contributed by atoms with Crippen molar-refractivity contribution in [1.29, 1.82) is 0 Å². The van der Waals surface area contributed by atoms with E-state index in [1.54, 1.807) is 6.92 Å². The number of hydrogen-bond acceptors (Lipinski definition) is 5. The van der Waals surface area contributed by atoms with E-state index in [0.717, 1.165) is 16.9 Å². The second kappa shape index (κ2) is 11.5. The molecule has 0 saturated carbocycles. The third-order valence-corrected chi connectivity index (χ3v) is 3.81. The molecule has 154 valence electrons. The van der Waals surface area contributed by atoms with Crippen molar-refractivity contribution in [1.82, 2.24) is 10.7 Å². The number of alkyl carbamates (subject to hydrolysis) is 1. The first-order valence-corrected chi connectivity index (χ1v) is 9.54. The van der Waals surface area contributed by atoms with Gasteiger partial charge in [-0.2, -0.15) is 5.10 Å². The average molecular weight is 397 g/mol. The molecule has 0 radical (unpaired) electrons. The molecule has 0 bridgehead atoms. The van der Waals surface area contributed by atoms with E-state index in [1.807, 2.05) is 68.4 Å². The van der Waals surface area contributed by atoms with Crippen molar-refractivity contribution in [3.63, 3.8) is 0 Å². The first-order chi connectivity index (χ1) is 14.0. The fourth-order valence-corrected chi connectivity index (χ4v) is 2.53. The topological polar surface area (TPSA) is 89.0 Å². The normalized spacial score (nSPS) is 11.9. The van der Waals surface area contributed by atoms with Gasteiger partial charge in [0.25, 0.3) is 5.91 Å². The van der Waals surface area contributed by atoms with E-state index < -0.39 is 18.0 Å². The van der Waals surface area contributed by atoms with Crippen molar-refractivity contribution in [2.45, 2.75) is 39.3 Å². The van der Waals surface area contributed by atoms with Crippen LogP contribution in [-0.4, -0.2) is 37.0 Å². The van der Waals surface area contributed by atoms with Crippen molar-refractivity contribution >= 4 is 18.2 Å². The molecule has 2 rings (SSSR count).